The molecule has 0 saturated heterocycles. The van der Waals surface area contributed by atoms with Crippen LogP contribution in [0.3, 0.4) is 0 Å². The maximum absolute atomic E-state index is 12.9. The lowest BCUT2D eigenvalue weighted by Crippen LogP contribution is -2.26. The molecule has 0 unspecified atom stereocenters. The maximum atomic E-state index is 12.9. The number of hydrogen-bond acceptors (Lipinski definition) is 3. The second-order valence-electron chi connectivity index (χ2n) is 7.46. The monoisotopic (exact) mass is 417 g/mol. The van der Waals surface area contributed by atoms with E-state index in [-0.39, 0.29) is 12.3 Å². The molecular formula is C26H27NO4. The van der Waals surface area contributed by atoms with Crippen LogP contribution in [0.25, 0.3) is 17.4 Å². The number of hydrogen-bond donors (Lipinski definition) is 1. The van der Waals surface area contributed by atoms with Crippen molar-refractivity contribution in [3.8, 4) is 11.3 Å². The lowest BCUT2D eigenvalue weighted by molar-refractivity contribution is -0.137. The molecule has 0 saturated carbocycles. The zero-order valence-electron chi connectivity index (χ0n) is 17.7. The van der Waals surface area contributed by atoms with Gasteiger partial charge in [0, 0.05) is 31.1 Å². The van der Waals surface area contributed by atoms with E-state index >= 15 is 0 Å². The van der Waals surface area contributed by atoms with Crippen molar-refractivity contribution in [1.82, 2.24) is 4.90 Å². The third-order valence-electron chi connectivity index (χ3n) is 5.06. The van der Waals surface area contributed by atoms with Crippen molar-refractivity contribution in [2.75, 3.05) is 7.05 Å². The van der Waals surface area contributed by atoms with Crippen molar-refractivity contribution in [2.45, 2.75) is 32.2 Å². The number of carbonyl (C=O) groups excluding carboxylic acids is 1. The van der Waals surface area contributed by atoms with Crippen molar-refractivity contribution in [2.24, 2.45) is 0 Å². The van der Waals surface area contributed by atoms with Crippen molar-refractivity contribution in [1.29, 1.82) is 0 Å². The summed E-state index contributed by atoms with van der Waals surface area (Å²) < 4.78 is 5.40. The van der Waals surface area contributed by atoms with Crippen LogP contribution in [0.2, 0.25) is 0 Å². The number of benzene rings is 2. The topological polar surface area (TPSA) is 70.8 Å². The van der Waals surface area contributed by atoms with Gasteiger partial charge in [0.2, 0.25) is 0 Å². The van der Waals surface area contributed by atoms with Crippen LogP contribution in [0.5, 0.6) is 0 Å². The van der Waals surface area contributed by atoms with Crippen LogP contribution in [0.4, 0.5) is 0 Å². The van der Waals surface area contributed by atoms with Crippen LogP contribution in [0.15, 0.2) is 77.4 Å². The molecule has 1 N–H and O–H groups in total. The van der Waals surface area contributed by atoms with Crippen LogP contribution in [-0.2, 0) is 11.3 Å². The SMILES string of the molecule is CN(Cc1ccccc1/C=C/CCCCC(=O)O)C(=O)c1ccc(-c2ccco2)cc1. The molecule has 1 aromatic heterocycles. The molecule has 3 rings (SSSR count). The number of nitrogens with zero attached hydrogens (tertiary/aromatic N) is 1. The Bertz CT molecular complexity index is 1020. The lowest BCUT2D eigenvalue weighted by Gasteiger charge is -2.19. The predicted octanol–water partition coefficient (Wildman–Crippen LogP) is 5.88. The van der Waals surface area contributed by atoms with E-state index < -0.39 is 5.97 Å². The Kier molecular flexibility index (Phi) is 7.82. The summed E-state index contributed by atoms with van der Waals surface area (Å²) in [5.74, 6) is -0.0212. The number of aliphatic carboxylic acids is 1. The van der Waals surface area contributed by atoms with E-state index in [1.807, 2.05) is 66.7 Å². The third kappa shape index (κ3) is 6.44. The van der Waals surface area contributed by atoms with Crippen LogP contribution < -0.4 is 0 Å². The maximum Gasteiger partial charge on any atom is 0.303 e. The minimum Gasteiger partial charge on any atom is -0.481 e. The zero-order valence-corrected chi connectivity index (χ0v) is 17.7. The molecule has 5 nitrogen and oxygen atoms in total. The molecular weight excluding hydrogens is 390 g/mol. The second-order valence-corrected chi connectivity index (χ2v) is 7.46. The number of unbranched alkanes of at least 4 members (excludes halogenated alkanes) is 2. The lowest BCUT2D eigenvalue weighted by atomic mass is 10.0. The number of furan rings is 1. The van der Waals surface area contributed by atoms with Gasteiger partial charge in [0.05, 0.1) is 6.26 Å². The molecule has 0 fully saturated rings. The third-order valence-corrected chi connectivity index (χ3v) is 5.06. The summed E-state index contributed by atoms with van der Waals surface area (Å²) in [7, 11) is 1.80. The number of rotatable bonds is 10. The minimum absolute atomic E-state index is 0.0431. The molecule has 0 aliphatic carbocycles. The van der Waals surface area contributed by atoms with Crippen molar-refractivity contribution in [3.63, 3.8) is 0 Å². The van der Waals surface area contributed by atoms with Gasteiger partial charge in [-0.15, -0.1) is 0 Å². The first-order valence-corrected chi connectivity index (χ1v) is 10.4. The van der Waals surface area contributed by atoms with Crippen LogP contribution in [0.1, 0.15) is 47.2 Å². The zero-order chi connectivity index (χ0) is 22.1. The summed E-state index contributed by atoms with van der Waals surface area (Å²) in [6.45, 7) is 0.498. The molecule has 0 radical (unpaired) electrons. The second kappa shape index (κ2) is 11.0. The summed E-state index contributed by atoms with van der Waals surface area (Å²) in [6.07, 6.45) is 8.30. The Morgan fingerprint density at radius 1 is 1.00 bits per heavy atom. The summed E-state index contributed by atoms with van der Waals surface area (Å²) in [5.41, 5.74) is 3.69. The van der Waals surface area contributed by atoms with Gasteiger partial charge in [0.1, 0.15) is 5.76 Å². The summed E-state index contributed by atoms with van der Waals surface area (Å²) in [5, 5.41) is 8.70. The minimum atomic E-state index is -0.752. The molecule has 0 spiro atoms. The highest BCUT2D eigenvalue weighted by Gasteiger charge is 2.13. The number of allylic oxidation sites excluding steroid dienone is 1. The smallest absolute Gasteiger partial charge is 0.303 e. The Hall–Kier alpha value is -3.60. The van der Waals surface area contributed by atoms with E-state index in [1.54, 1.807) is 18.2 Å². The molecule has 0 aliphatic heterocycles. The van der Waals surface area contributed by atoms with Gasteiger partial charge in [0.25, 0.3) is 5.91 Å². The fourth-order valence-corrected chi connectivity index (χ4v) is 3.36. The van der Waals surface area contributed by atoms with Gasteiger partial charge in [-0.3, -0.25) is 9.59 Å². The van der Waals surface area contributed by atoms with Crippen LogP contribution >= 0.6 is 0 Å². The number of carbonyl (C=O) groups is 2. The van der Waals surface area contributed by atoms with E-state index in [1.165, 1.54) is 0 Å². The van der Waals surface area contributed by atoms with Gasteiger partial charge in [-0.05, 0) is 54.7 Å². The van der Waals surface area contributed by atoms with Gasteiger partial charge < -0.3 is 14.4 Å². The fourth-order valence-electron chi connectivity index (χ4n) is 3.36. The first-order chi connectivity index (χ1) is 15.0. The van der Waals surface area contributed by atoms with Gasteiger partial charge in [-0.25, -0.2) is 0 Å². The molecule has 0 atom stereocenters. The Labute approximate surface area is 182 Å². The van der Waals surface area contributed by atoms with Crippen molar-refractivity contribution >= 4 is 18.0 Å². The molecule has 31 heavy (non-hydrogen) atoms. The van der Waals surface area contributed by atoms with E-state index in [0.29, 0.717) is 18.5 Å². The normalized spacial score (nSPS) is 11.0. The first-order valence-electron chi connectivity index (χ1n) is 10.4. The summed E-state index contributed by atoms with van der Waals surface area (Å²) >= 11 is 0. The van der Waals surface area contributed by atoms with Crippen molar-refractivity contribution < 1.29 is 19.1 Å². The molecule has 0 aliphatic rings. The fraction of sp³-hybridized carbons (Fsp3) is 0.231. The van der Waals surface area contributed by atoms with E-state index in [2.05, 4.69) is 6.08 Å². The Balaban J connectivity index is 1.60. The average molecular weight is 418 g/mol. The van der Waals surface area contributed by atoms with Gasteiger partial charge in [-0.2, -0.15) is 0 Å². The Morgan fingerprint density at radius 2 is 1.77 bits per heavy atom. The molecule has 0 bridgehead atoms. The van der Waals surface area contributed by atoms with Crippen LogP contribution in [0, 0.1) is 0 Å². The highest BCUT2D eigenvalue weighted by atomic mass is 16.4. The molecule has 160 valence electrons. The molecule has 5 heteroatoms. The van der Waals surface area contributed by atoms with E-state index in [0.717, 1.165) is 35.3 Å². The van der Waals surface area contributed by atoms with Gasteiger partial charge >= 0.3 is 5.97 Å². The van der Waals surface area contributed by atoms with Crippen LogP contribution in [-0.4, -0.2) is 28.9 Å². The van der Waals surface area contributed by atoms with E-state index in [9.17, 15) is 9.59 Å². The standard InChI is InChI=1S/C26H27NO4/c1-27(26(30)22-16-14-21(15-17-22)24-12-8-18-31-24)19-23-11-7-6-10-20(23)9-4-2-3-5-13-25(28)29/h4,6-12,14-18H,2-3,5,13,19H2,1H3,(H,28,29)/b9-4+. The highest BCUT2D eigenvalue weighted by Crippen LogP contribution is 2.21. The first kappa shape index (κ1) is 22.1. The average Bonchev–Trinajstić information content (AvgIpc) is 3.31. The summed E-state index contributed by atoms with van der Waals surface area (Å²) in [6, 6.07) is 19.1. The molecule has 2 aromatic carbocycles. The van der Waals surface area contributed by atoms with Gasteiger partial charge in [0.15, 0.2) is 0 Å². The quantitative estimate of drug-likeness (QED) is 0.418. The number of amides is 1. The predicted molar refractivity (Wildman–Crippen MR) is 122 cm³/mol. The highest BCUT2D eigenvalue weighted by molar-refractivity contribution is 5.94. The molecule has 3 aromatic rings. The van der Waals surface area contributed by atoms with Gasteiger partial charge in [-0.1, -0.05) is 48.6 Å². The van der Waals surface area contributed by atoms with E-state index in [4.69, 9.17) is 9.52 Å². The Morgan fingerprint density at radius 3 is 2.48 bits per heavy atom. The number of carboxylic acid groups (broad SMARTS) is 1. The number of carboxylic acids is 1. The largest absolute Gasteiger partial charge is 0.481 e. The summed E-state index contributed by atoms with van der Waals surface area (Å²) in [4.78, 5) is 25.2. The molecule has 1 heterocycles. The molecule has 1 amide bonds. The van der Waals surface area contributed by atoms with Crippen molar-refractivity contribution in [3.05, 3.63) is 89.7 Å².